The molecule has 1 fully saturated rings. The molecule has 0 aliphatic carbocycles. The summed E-state index contributed by atoms with van der Waals surface area (Å²) in [7, 11) is 0. The van der Waals surface area contributed by atoms with E-state index < -0.39 is 5.60 Å². The highest BCUT2D eigenvalue weighted by Crippen LogP contribution is 2.58. The zero-order valence-corrected chi connectivity index (χ0v) is 14.7. The van der Waals surface area contributed by atoms with Crippen molar-refractivity contribution in [2.45, 2.75) is 12.5 Å². The van der Waals surface area contributed by atoms with Gasteiger partial charge >= 0.3 is 0 Å². The van der Waals surface area contributed by atoms with E-state index in [0.29, 0.717) is 28.4 Å². The van der Waals surface area contributed by atoms with Gasteiger partial charge < -0.3 is 19.8 Å². The smallest absolute Gasteiger partial charge is 0.201 e. The number of ether oxygens (including phenoxy) is 1. The first kappa shape index (κ1) is 17.0. The Hall–Kier alpha value is -3.44. The highest BCUT2D eigenvalue weighted by Gasteiger charge is 2.54. The molecule has 5 heteroatoms. The van der Waals surface area contributed by atoms with Crippen molar-refractivity contribution >= 4 is 0 Å². The molecule has 0 radical (unpaired) electrons. The Balaban J connectivity index is 2.04. The standard InChI is InChI=1S/C22H18O5/c1-3-5-7-19-16(6-4-2)22(27-26-19)17-10-8-14(23)12-20(17)25-21-13-15(24)9-11-18(21)22/h3-13,23-24H,2H2,1H3/b5-3+,16-6+,19-7+. The minimum absolute atomic E-state index is 0.0605. The van der Waals surface area contributed by atoms with Crippen molar-refractivity contribution in [2.24, 2.45) is 0 Å². The van der Waals surface area contributed by atoms with E-state index >= 15 is 0 Å². The predicted molar refractivity (Wildman–Crippen MR) is 100 cm³/mol. The maximum atomic E-state index is 9.91. The predicted octanol–water partition coefficient (Wildman–Crippen LogP) is 4.98. The van der Waals surface area contributed by atoms with Crippen LogP contribution in [-0.2, 0) is 15.4 Å². The first-order chi connectivity index (χ1) is 13.1. The van der Waals surface area contributed by atoms with E-state index in [4.69, 9.17) is 14.5 Å². The molecule has 0 saturated carbocycles. The molecule has 2 heterocycles. The molecule has 2 aromatic carbocycles. The average Bonchev–Trinajstić information content (AvgIpc) is 2.99. The van der Waals surface area contributed by atoms with Crippen LogP contribution in [0.2, 0.25) is 0 Å². The van der Waals surface area contributed by atoms with Gasteiger partial charge in [0, 0.05) is 28.8 Å². The number of benzene rings is 2. The molecule has 1 saturated heterocycles. The van der Waals surface area contributed by atoms with Gasteiger partial charge in [0.15, 0.2) is 5.76 Å². The van der Waals surface area contributed by atoms with E-state index in [0.717, 1.165) is 5.57 Å². The number of phenolic OH excluding ortho intramolecular Hbond substituents is 2. The molecule has 4 rings (SSSR count). The number of hydrogen-bond donors (Lipinski definition) is 2. The molecule has 2 N–H and O–H groups in total. The van der Waals surface area contributed by atoms with Crippen LogP contribution in [-0.4, -0.2) is 10.2 Å². The van der Waals surface area contributed by atoms with Gasteiger partial charge in [-0.25, -0.2) is 0 Å². The van der Waals surface area contributed by atoms with Crippen LogP contribution in [0.15, 0.2) is 84.7 Å². The zero-order valence-electron chi connectivity index (χ0n) is 14.7. The largest absolute Gasteiger partial charge is 0.508 e. The SMILES string of the molecule is C=C\C=C1/C(=C\C=C\C)OOC12c1ccc(O)cc1Oc1cc(O)ccc12. The molecule has 2 aliphatic rings. The molecular formula is C22H18O5. The number of allylic oxidation sites excluding steroid dienone is 5. The summed E-state index contributed by atoms with van der Waals surface area (Å²) >= 11 is 0. The van der Waals surface area contributed by atoms with Crippen molar-refractivity contribution in [2.75, 3.05) is 0 Å². The summed E-state index contributed by atoms with van der Waals surface area (Å²) in [5, 5.41) is 19.8. The fraction of sp³-hybridized carbons (Fsp3) is 0.0909. The van der Waals surface area contributed by atoms with Crippen LogP contribution in [0.3, 0.4) is 0 Å². The van der Waals surface area contributed by atoms with Gasteiger partial charge in [-0.3, -0.25) is 0 Å². The lowest BCUT2D eigenvalue weighted by Gasteiger charge is -2.34. The maximum Gasteiger partial charge on any atom is 0.201 e. The van der Waals surface area contributed by atoms with Crippen molar-refractivity contribution in [1.29, 1.82) is 0 Å². The summed E-state index contributed by atoms with van der Waals surface area (Å²) in [5.74, 6) is 1.49. The van der Waals surface area contributed by atoms with Gasteiger partial charge in [-0.2, -0.15) is 4.89 Å². The summed E-state index contributed by atoms with van der Waals surface area (Å²) in [6.45, 7) is 5.72. The van der Waals surface area contributed by atoms with Gasteiger partial charge in [0.1, 0.15) is 23.0 Å². The third-order valence-corrected chi connectivity index (χ3v) is 4.53. The Kier molecular flexibility index (Phi) is 4.01. The highest BCUT2D eigenvalue weighted by atomic mass is 17.2. The molecule has 0 bridgehead atoms. The lowest BCUT2D eigenvalue weighted by Crippen LogP contribution is -2.32. The number of fused-ring (bicyclic) bond motifs is 4. The van der Waals surface area contributed by atoms with Crippen LogP contribution in [0.1, 0.15) is 18.1 Å². The lowest BCUT2D eigenvalue weighted by molar-refractivity contribution is -0.283. The van der Waals surface area contributed by atoms with Crippen LogP contribution in [0.4, 0.5) is 0 Å². The first-order valence-corrected chi connectivity index (χ1v) is 8.47. The van der Waals surface area contributed by atoms with E-state index in [1.165, 1.54) is 12.1 Å². The first-order valence-electron chi connectivity index (χ1n) is 8.47. The molecule has 5 nitrogen and oxygen atoms in total. The average molecular weight is 362 g/mol. The molecule has 0 unspecified atom stereocenters. The molecule has 27 heavy (non-hydrogen) atoms. The summed E-state index contributed by atoms with van der Waals surface area (Å²) in [4.78, 5) is 11.5. The zero-order chi connectivity index (χ0) is 19.0. The summed E-state index contributed by atoms with van der Waals surface area (Å²) in [5.41, 5.74) is 0.968. The van der Waals surface area contributed by atoms with Crippen molar-refractivity contribution in [3.8, 4) is 23.0 Å². The maximum absolute atomic E-state index is 9.91. The molecule has 1 spiro atoms. The van der Waals surface area contributed by atoms with Crippen LogP contribution in [0.25, 0.3) is 0 Å². The summed E-state index contributed by atoms with van der Waals surface area (Å²) < 4.78 is 5.93. The van der Waals surface area contributed by atoms with Crippen molar-refractivity contribution in [1.82, 2.24) is 0 Å². The number of aromatic hydroxyl groups is 2. The van der Waals surface area contributed by atoms with Gasteiger partial charge in [-0.1, -0.05) is 30.9 Å². The fourth-order valence-electron chi connectivity index (χ4n) is 3.41. The van der Waals surface area contributed by atoms with Crippen LogP contribution >= 0.6 is 0 Å². The minimum Gasteiger partial charge on any atom is -0.508 e. The third-order valence-electron chi connectivity index (χ3n) is 4.53. The Bertz CT molecular complexity index is 962. The molecule has 136 valence electrons. The van der Waals surface area contributed by atoms with Gasteiger partial charge in [0.05, 0.1) is 0 Å². The van der Waals surface area contributed by atoms with Crippen LogP contribution in [0, 0.1) is 0 Å². The Morgan fingerprint density at radius 1 is 0.963 bits per heavy atom. The molecular weight excluding hydrogens is 344 g/mol. The van der Waals surface area contributed by atoms with Crippen molar-refractivity contribution in [3.63, 3.8) is 0 Å². The quantitative estimate of drug-likeness (QED) is 0.738. The van der Waals surface area contributed by atoms with E-state index in [9.17, 15) is 10.2 Å². The lowest BCUT2D eigenvalue weighted by atomic mass is 9.77. The molecule has 0 atom stereocenters. The van der Waals surface area contributed by atoms with E-state index in [-0.39, 0.29) is 11.5 Å². The summed E-state index contributed by atoms with van der Waals surface area (Å²) in [6.07, 6.45) is 9.02. The van der Waals surface area contributed by atoms with Crippen molar-refractivity contribution < 1.29 is 24.7 Å². The second kappa shape index (κ2) is 6.37. The Labute approximate surface area is 156 Å². The Morgan fingerprint density at radius 3 is 2.15 bits per heavy atom. The highest BCUT2D eigenvalue weighted by molar-refractivity contribution is 5.66. The van der Waals surface area contributed by atoms with Crippen LogP contribution < -0.4 is 4.74 Å². The minimum atomic E-state index is -1.12. The molecule has 0 amide bonds. The molecule has 2 aromatic rings. The van der Waals surface area contributed by atoms with Gasteiger partial charge in [0.2, 0.25) is 5.60 Å². The Morgan fingerprint density at radius 2 is 1.59 bits per heavy atom. The van der Waals surface area contributed by atoms with Crippen molar-refractivity contribution in [3.05, 3.63) is 95.8 Å². The van der Waals surface area contributed by atoms with Gasteiger partial charge in [-0.05, 0) is 37.3 Å². The molecule has 2 aliphatic heterocycles. The second-order valence-corrected chi connectivity index (χ2v) is 6.18. The van der Waals surface area contributed by atoms with Crippen LogP contribution in [0.5, 0.6) is 23.0 Å². The van der Waals surface area contributed by atoms with E-state index in [2.05, 4.69) is 6.58 Å². The monoisotopic (exact) mass is 362 g/mol. The van der Waals surface area contributed by atoms with E-state index in [1.54, 1.807) is 36.4 Å². The third kappa shape index (κ3) is 2.52. The van der Waals surface area contributed by atoms with Gasteiger partial charge in [0.25, 0.3) is 0 Å². The topological polar surface area (TPSA) is 68.2 Å². The number of phenols is 2. The second-order valence-electron chi connectivity index (χ2n) is 6.18. The van der Waals surface area contributed by atoms with E-state index in [1.807, 2.05) is 25.2 Å². The molecule has 0 aromatic heterocycles. The summed E-state index contributed by atoms with van der Waals surface area (Å²) in [6, 6.07) is 9.62. The number of rotatable bonds is 2. The number of hydrogen-bond acceptors (Lipinski definition) is 5. The normalized spacial score (nSPS) is 19.7. The fourth-order valence-corrected chi connectivity index (χ4v) is 3.41. The van der Waals surface area contributed by atoms with Gasteiger partial charge in [-0.15, -0.1) is 0 Å².